The molecule has 0 N–H and O–H groups in total. The number of methoxy groups -OCH3 is 2. The molecule has 0 unspecified atom stereocenters. The molecule has 120 valence electrons. The first-order chi connectivity index (χ1) is 11.2. The molecule has 5 nitrogen and oxygen atoms in total. The lowest BCUT2D eigenvalue weighted by molar-refractivity contribution is -0.131. The summed E-state index contributed by atoms with van der Waals surface area (Å²) in [4.78, 5) is 18.4. The molecule has 0 saturated carbocycles. The van der Waals surface area contributed by atoms with Gasteiger partial charge in [0.15, 0.2) is 11.5 Å². The Balaban J connectivity index is 1.75. The van der Waals surface area contributed by atoms with Crippen molar-refractivity contribution in [2.45, 2.75) is 19.4 Å². The van der Waals surface area contributed by atoms with Crippen molar-refractivity contribution >= 4 is 5.91 Å². The van der Waals surface area contributed by atoms with Crippen LogP contribution in [-0.2, 0) is 24.2 Å². The lowest BCUT2D eigenvalue weighted by Crippen LogP contribution is -2.36. The molecule has 1 aliphatic heterocycles. The Hall–Kier alpha value is -2.56. The summed E-state index contributed by atoms with van der Waals surface area (Å²) in [5, 5.41) is 0. The summed E-state index contributed by atoms with van der Waals surface area (Å²) >= 11 is 0. The molecule has 0 radical (unpaired) electrons. The first kappa shape index (κ1) is 15.3. The molecule has 5 heteroatoms. The van der Waals surface area contributed by atoms with Crippen molar-refractivity contribution in [2.75, 3.05) is 20.8 Å². The van der Waals surface area contributed by atoms with E-state index in [1.807, 2.05) is 29.2 Å². The molecule has 23 heavy (non-hydrogen) atoms. The minimum absolute atomic E-state index is 0.136. The Bertz CT molecular complexity index is 701. The molecular weight excluding hydrogens is 292 g/mol. The molecule has 0 saturated heterocycles. The number of carbonyl (C=O) groups excluding carboxylic acids is 1. The van der Waals surface area contributed by atoms with Gasteiger partial charge in [0.2, 0.25) is 5.91 Å². The molecule has 1 aromatic carbocycles. The van der Waals surface area contributed by atoms with Crippen LogP contribution in [0.3, 0.4) is 0 Å². The topological polar surface area (TPSA) is 51.7 Å². The smallest absolute Gasteiger partial charge is 0.227 e. The fourth-order valence-electron chi connectivity index (χ4n) is 2.88. The molecule has 0 fully saturated rings. The first-order valence-electron chi connectivity index (χ1n) is 7.61. The standard InChI is InChI=1S/C18H20N2O3/c1-22-16-10-14-5-8-20(12-15(14)11-17(16)23-2)18(21)9-13-3-6-19-7-4-13/h3-4,6-7,10-11H,5,8-9,12H2,1-2H3. The lowest BCUT2D eigenvalue weighted by Gasteiger charge is -2.29. The average Bonchev–Trinajstić information content (AvgIpc) is 2.60. The number of pyridine rings is 1. The molecule has 0 bridgehead atoms. The van der Waals surface area contributed by atoms with E-state index in [1.165, 1.54) is 5.56 Å². The van der Waals surface area contributed by atoms with Crippen LogP contribution < -0.4 is 9.47 Å². The highest BCUT2D eigenvalue weighted by atomic mass is 16.5. The van der Waals surface area contributed by atoms with Gasteiger partial charge >= 0.3 is 0 Å². The maximum absolute atomic E-state index is 12.5. The Labute approximate surface area is 135 Å². The van der Waals surface area contributed by atoms with E-state index in [0.717, 1.165) is 29.8 Å². The summed E-state index contributed by atoms with van der Waals surface area (Å²) in [6.45, 7) is 1.34. The number of ether oxygens (including phenoxy) is 2. The summed E-state index contributed by atoms with van der Waals surface area (Å²) in [6, 6.07) is 7.74. The summed E-state index contributed by atoms with van der Waals surface area (Å²) in [5.41, 5.74) is 3.33. The maximum atomic E-state index is 12.5. The first-order valence-corrected chi connectivity index (χ1v) is 7.61. The third-order valence-electron chi connectivity index (χ3n) is 4.18. The van der Waals surface area contributed by atoms with Gasteiger partial charge in [0.25, 0.3) is 0 Å². The van der Waals surface area contributed by atoms with Crippen LogP contribution in [-0.4, -0.2) is 36.6 Å². The van der Waals surface area contributed by atoms with Crippen molar-refractivity contribution in [3.63, 3.8) is 0 Å². The van der Waals surface area contributed by atoms with Crippen LogP contribution in [0.2, 0.25) is 0 Å². The van der Waals surface area contributed by atoms with Gasteiger partial charge in [0.05, 0.1) is 20.6 Å². The van der Waals surface area contributed by atoms with E-state index in [9.17, 15) is 4.79 Å². The zero-order valence-electron chi connectivity index (χ0n) is 13.4. The predicted octanol–water partition coefficient (Wildman–Crippen LogP) is 2.23. The van der Waals surface area contributed by atoms with Gasteiger partial charge in [-0.15, -0.1) is 0 Å². The van der Waals surface area contributed by atoms with Gasteiger partial charge in [0.1, 0.15) is 0 Å². The van der Waals surface area contributed by atoms with Crippen molar-refractivity contribution in [3.8, 4) is 11.5 Å². The Morgan fingerprint density at radius 3 is 2.43 bits per heavy atom. The second-order valence-electron chi connectivity index (χ2n) is 5.57. The van der Waals surface area contributed by atoms with Crippen LogP contribution in [0.5, 0.6) is 11.5 Å². The van der Waals surface area contributed by atoms with E-state index in [2.05, 4.69) is 4.98 Å². The van der Waals surface area contributed by atoms with E-state index in [1.54, 1.807) is 26.6 Å². The van der Waals surface area contributed by atoms with Crippen molar-refractivity contribution in [2.24, 2.45) is 0 Å². The van der Waals surface area contributed by atoms with Gasteiger partial charge < -0.3 is 14.4 Å². The molecule has 0 atom stereocenters. The zero-order valence-corrected chi connectivity index (χ0v) is 13.4. The van der Waals surface area contributed by atoms with E-state index in [4.69, 9.17) is 9.47 Å². The van der Waals surface area contributed by atoms with E-state index in [0.29, 0.717) is 18.7 Å². The maximum Gasteiger partial charge on any atom is 0.227 e. The summed E-state index contributed by atoms with van der Waals surface area (Å²) in [7, 11) is 3.26. The molecule has 2 heterocycles. The van der Waals surface area contributed by atoms with Crippen molar-refractivity contribution < 1.29 is 14.3 Å². The number of benzene rings is 1. The highest BCUT2D eigenvalue weighted by Gasteiger charge is 2.22. The third kappa shape index (κ3) is 3.28. The fraction of sp³-hybridized carbons (Fsp3) is 0.333. The molecule has 3 rings (SSSR count). The largest absolute Gasteiger partial charge is 0.493 e. The Morgan fingerprint density at radius 2 is 1.78 bits per heavy atom. The normalized spacial score (nSPS) is 13.4. The number of fused-ring (bicyclic) bond motifs is 1. The van der Waals surface area contributed by atoms with Gasteiger partial charge in [-0.25, -0.2) is 0 Å². The third-order valence-corrected chi connectivity index (χ3v) is 4.18. The van der Waals surface area contributed by atoms with Crippen molar-refractivity contribution in [1.82, 2.24) is 9.88 Å². The number of carbonyl (C=O) groups is 1. The van der Waals surface area contributed by atoms with E-state index in [-0.39, 0.29) is 5.91 Å². The monoisotopic (exact) mass is 312 g/mol. The number of rotatable bonds is 4. The van der Waals surface area contributed by atoms with E-state index >= 15 is 0 Å². The van der Waals surface area contributed by atoms with Crippen molar-refractivity contribution in [1.29, 1.82) is 0 Å². The summed E-state index contributed by atoms with van der Waals surface area (Å²) in [6.07, 6.45) is 4.67. The van der Waals surface area contributed by atoms with Gasteiger partial charge in [-0.05, 0) is 47.4 Å². The molecule has 0 spiro atoms. The van der Waals surface area contributed by atoms with E-state index < -0.39 is 0 Å². The van der Waals surface area contributed by atoms with Gasteiger partial charge in [-0.3, -0.25) is 9.78 Å². The van der Waals surface area contributed by atoms with Crippen LogP contribution >= 0.6 is 0 Å². The van der Waals surface area contributed by atoms with Gasteiger partial charge in [-0.1, -0.05) is 0 Å². The SMILES string of the molecule is COc1cc2c(cc1OC)CN(C(=O)Cc1ccncc1)CC2. The minimum Gasteiger partial charge on any atom is -0.493 e. The number of amides is 1. The second kappa shape index (κ2) is 6.69. The number of aromatic nitrogens is 1. The molecular formula is C18H20N2O3. The molecule has 1 aliphatic rings. The van der Waals surface area contributed by atoms with Crippen LogP contribution in [0.15, 0.2) is 36.7 Å². The molecule has 1 aromatic heterocycles. The van der Waals surface area contributed by atoms with Crippen LogP contribution in [0, 0.1) is 0 Å². The highest BCUT2D eigenvalue weighted by molar-refractivity contribution is 5.79. The summed E-state index contributed by atoms with van der Waals surface area (Å²) in [5.74, 6) is 1.58. The second-order valence-corrected chi connectivity index (χ2v) is 5.57. The zero-order chi connectivity index (χ0) is 16.2. The number of nitrogens with zero attached hydrogens (tertiary/aromatic N) is 2. The quantitative estimate of drug-likeness (QED) is 0.869. The van der Waals surface area contributed by atoms with Crippen LogP contribution in [0.25, 0.3) is 0 Å². The van der Waals surface area contributed by atoms with Crippen LogP contribution in [0.1, 0.15) is 16.7 Å². The minimum atomic E-state index is 0.136. The number of hydrogen-bond donors (Lipinski definition) is 0. The predicted molar refractivity (Wildman–Crippen MR) is 86.6 cm³/mol. The van der Waals surface area contributed by atoms with Crippen LogP contribution in [0.4, 0.5) is 0 Å². The lowest BCUT2D eigenvalue weighted by atomic mass is 9.98. The Kier molecular flexibility index (Phi) is 4.46. The fourth-order valence-corrected chi connectivity index (χ4v) is 2.88. The van der Waals surface area contributed by atoms with Crippen molar-refractivity contribution in [3.05, 3.63) is 53.3 Å². The molecule has 2 aromatic rings. The van der Waals surface area contributed by atoms with Gasteiger partial charge in [0, 0.05) is 25.5 Å². The average molecular weight is 312 g/mol. The summed E-state index contributed by atoms with van der Waals surface area (Å²) < 4.78 is 10.7. The number of hydrogen-bond acceptors (Lipinski definition) is 4. The molecule has 0 aliphatic carbocycles. The highest BCUT2D eigenvalue weighted by Crippen LogP contribution is 2.33. The molecule has 1 amide bonds. The van der Waals surface area contributed by atoms with Gasteiger partial charge in [-0.2, -0.15) is 0 Å². The Morgan fingerprint density at radius 1 is 1.13 bits per heavy atom.